The highest BCUT2D eigenvalue weighted by Crippen LogP contribution is 2.26. The van der Waals surface area contributed by atoms with Crippen LogP contribution in [0.2, 0.25) is 0 Å². The summed E-state index contributed by atoms with van der Waals surface area (Å²) in [6.45, 7) is 0. The number of fused-ring (bicyclic) bond motifs is 2. The van der Waals surface area contributed by atoms with Gasteiger partial charge in [-0.05, 0) is 30.5 Å². The van der Waals surface area contributed by atoms with Crippen LogP contribution < -0.4 is 5.56 Å². The number of hydrogen-bond acceptors (Lipinski definition) is 4. The highest BCUT2D eigenvalue weighted by molar-refractivity contribution is 5.72. The van der Waals surface area contributed by atoms with E-state index in [1.807, 2.05) is 6.20 Å². The third kappa shape index (κ3) is 1.65. The minimum Gasteiger partial charge on any atom is -0.295 e. The van der Waals surface area contributed by atoms with Crippen LogP contribution in [0.25, 0.3) is 11.0 Å². The molecule has 3 heterocycles. The first kappa shape index (κ1) is 11.3. The van der Waals surface area contributed by atoms with Crippen molar-refractivity contribution in [3.05, 3.63) is 52.5 Å². The smallest absolute Gasteiger partial charge is 0.263 e. The van der Waals surface area contributed by atoms with Gasteiger partial charge in [0.15, 0.2) is 5.65 Å². The van der Waals surface area contributed by atoms with Gasteiger partial charge in [-0.2, -0.15) is 5.10 Å². The largest absolute Gasteiger partial charge is 0.295 e. The predicted molar refractivity (Wildman–Crippen MR) is 73.4 cm³/mol. The van der Waals surface area contributed by atoms with E-state index in [1.54, 1.807) is 29.2 Å². The summed E-state index contributed by atoms with van der Waals surface area (Å²) < 4.78 is 1.73. The topological polar surface area (TPSA) is 76.5 Å². The molecule has 0 unspecified atom stereocenters. The maximum absolute atomic E-state index is 12.5. The highest BCUT2D eigenvalue weighted by atomic mass is 16.1. The average Bonchev–Trinajstić information content (AvgIpc) is 2.95. The van der Waals surface area contributed by atoms with Crippen molar-refractivity contribution in [3.63, 3.8) is 0 Å². The number of rotatable bonds is 1. The van der Waals surface area contributed by atoms with Crippen LogP contribution in [0, 0.1) is 0 Å². The zero-order chi connectivity index (χ0) is 13.5. The Labute approximate surface area is 114 Å². The second kappa shape index (κ2) is 4.26. The molecule has 1 aliphatic rings. The van der Waals surface area contributed by atoms with Crippen LogP contribution in [0.3, 0.4) is 0 Å². The molecule has 0 saturated heterocycles. The zero-order valence-corrected chi connectivity index (χ0v) is 10.8. The van der Waals surface area contributed by atoms with E-state index in [2.05, 4.69) is 20.2 Å². The lowest BCUT2D eigenvalue weighted by Crippen LogP contribution is -2.29. The van der Waals surface area contributed by atoms with Crippen LogP contribution >= 0.6 is 0 Å². The van der Waals surface area contributed by atoms with Crippen molar-refractivity contribution >= 4 is 11.0 Å². The fourth-order valence-electron chi connectivity index (χ4n) is 2.86. The van der Waals surface area contributed by atoms with E-state index >= 15 is 0 Å². The Balaban J connectivity index is 1.80. The maximum Gasteiger partial charge on any atom is 0.263 e. The molecule has 1 atom stereocenters. The summed E-state index contributed by atoms with van der Waals surface area (Å²) in [6, 6.07) is 3.68. The quantitative estimate of drug-likeness (QED) is 0.719. The van der Waals surface area contributed by atoms with E-state index in [9.17, 15) is 4.79 Å². The van der Waals surface area contributed by atoms with Gasteiger partial charge in [-0.25, -0.2) is 9.97 Å². The summed E-state index contributed by atoms with van der Waals surface area (Å²) >= 11 is 0. The van der Waals surface area contributed by atoms with Gasteiger partial charge in [0.2, 0.25) is 0 Å². The molecule has 0 spiro atoms. The van der Waals surface area contributed by atoms with E-state index in [1.165, 1.54) is 5.56 Å². The summed E-state index contributed by atoms with van der Waals surface area (Å²) in [5, 5.41) is 7.66. The van der Waals surface area contributed by atoms with Crippen molar-refractivity contribution in [2.45, 2.75) is 25.3 Å². The third-order valence-electron chi connectivity index (χ3n) is 3.94. The van der Waals surface area contributed by atoms with Gasteiger partial charge in [0.1, 0.15) is 6.33 Å². The SMILES string of the molecule is O=c1c2cccnc2ncn1[C@@H]1CCc2cn[nH]c2C1. The monoisotopic (exact) mass is 267 g/mol. The first-order valence-electron chi connectivity index (χ1n) is 6.66. The van der Waals surface area contributed by atoms with E-state index in [0.717, 1.165) is 25.0 Å². The normalized spacial score (nSPS) is 18.1. The summed E-state index contributed by atoms with van der Waals surface area (Å²) in [7, 11) is 0. The van der Waals surface area contributed by atoms with Crippen LogP contribution in [-0.4, -0.2) is 24.7 Å². The van der Waals surface area contributed by atoms with E-state index < -0.39 is 0 Å². The Kier molecular flexibility index (Phi) is 2.42. The van der Waals surface area contributed by atoms with Crippen molar-refractivity contribution in [1.29, 1.82) is 0 Å². The fraction of sp³-hybridized carbons (Fsp3) is 0.286. The van der Waals surface area contributed by atoms with E-state index in [4.69, 9.17) is 0 Å². The minimum atomic E-state index is -0.0175. The highest BCUT2D eigenvalue weighted by Gasteiger charge is 2.22. The van der Waals surface area contributed by atoms with Gasteiger partial charge in [-0.3, -0.25) is 14.5 Å². The van der Waals surface area contributed by atoms with Gasteiger partial charge in [0, 0.05) is 24.4 Å². The molecular weight excluding hydrogens is 254 g/mol. The number of aryl methyl sites for hydroxylation is 1. The van der Waals surface area contributed by atoms with Crippen LogP contribution in [0.1, 0.15) is 23.7 Å². The molecule has 100 valence electrons. The Morgan fingerprint density at radius 3 is 3.25 bits per heavy atom. The van der Waals surface area contributed by atoms with Crippen LogP contribution in [0.4, 0.5) is 0 Å². The number of H-pyrrole nitrogens is 1. The second-order valence-electron chi connectivity index (χ2n) is 5.10. The minimum absolute atomic E-state index is 0.0175. The number of nitrogens with one attached hydrogen (secondary N) is 1. The van der Waals surface area contributed by atoms with Gasteiger partial charge in [-0.15, -0.1) is 0 Å². The molecule has 0 aromatic carbocycles. The molecule has 0 bridgehead atoms. The number of hydrogen-bond donors (Lipinski definition) is 1. The van der Waals surface area contributed by atoms with Crippen LogP contribution in [-0.2, 0) is 12.8 Å². The van der Waals surface area contributed by atoms with Gasteiger partial charge >= 0.3 is 0 Å². The van der Waals surface area contributed by atoms with Crippen molar-refractivity contribution in [3.8, 4) is 0 Å². The molecule has 1 aliphatic carbocycles. The number of pyridine rings is 1. The van der Waals surface area contributed by atoms with Gasteiger partial charge < -0.3 is 0 Å². The van der Waals surface area contributed by atoms with Crippen LogP contribution in [0.15, 0.2) is 35.6 Å². The summed E-state index contributed by atoms with van der Waals surface area (Å²) in [6.07, 6.45) is 7.80. The Bertz CT molecular complexity index is 835. The molecule has 20 heavy (non-hydrogen) atoms. The van der Waals surface area contributed by atoms with E-state index in [-0.39, 0.29) is 11.6 Å². The molecule has 0 radical (unpaired) electrons. The molecule has 0 aliphatic heterocycles. The van der Waals surface area contributed by atoms with Crippen molar-refractivity contribution < 1.29 is 0 Å². The van der Waals surface area contributed by atoms with Gasteiger partial charge in [-0.1, -0.05) is 0 Å². The Morgan fingerprint density at radius 2 is 2.30 bits per heavy atom. The molecule has 0 amide bonds. The second-order valence-corrected chi connectivity index (χ2v) is 5.10. The summed E-state index contributed by atoms with van der Waals surface area (Å²) in [5.41, 5.74) is 2.87. The lowest BCUT2D eigenvalue weighted by atomic mass is 9.93. The van der Waals surface area contributed by atoms with Gasteiger partial charge in [0.25, 0.3) is 5.56 Å². The molecule has 0 fully saturated rings. The predicted octanol–water partition coefficient (Wildman–Crippen LogP) is 1.24. The molecule has 3 aromatic rings. The molecule has 6 heteroatoms. The maximum atomic E-state index is 12.5. The average molecular weight is 267 g/mol. The molecule has 3 aromatic heterocycles. The number of aromatic amines is 1. The first-order chi connectivity index (χ1) is 9.83. The Morgan fingerprint density at radius 1 is 1.35 bits per heavy atom. The molecule has 4 rings (SSSR count). The standard InChI is InChI=1S/C14H13N5O/c20-14-11-2-1-5-15-13(11)16-8-19(14)10-4-3-9-7-17-18-12(9)6-10/h1-2,5,7-8,10H,3-4,6H2,(H,17,18)/t10-/m1/s1. The van der Waals surface area contributed by atoms with Crippen LogP contribution in [0.5, 0.6) is 0 Å². The zero-order valence-electron chi connectivity index (χ0n) is 10.8. The Hall–Kier alpha value is -2.50. The molecule has 6 nitrogen and oxygen atoms in total. The van der Waals surface area contributed by atoms with Gasteiger partial charge in [0.05, 0.1) is 11.6 Å². The fourth-order valence-corrected chi connectivity index (χ4v) is 2.86. The van der Waals surface area contributed by atoms with E-state index in [0.29, 0.717) is 11.0 Å². The molecule has 0 saturated carbocycles. The lowest BCUT2D eigenvalue weighted by molar-refractivity contribution is 0.425. The molecular formula is C14H13N5O. The molecule has 1 N–H and O–H groups in total. The first-order valence-corrected chi connectivity index (χ1v) is 6.66. The summed E-state index contributed by atoms with van der Waals surface area (Å²) in [5.74, 6) is 0. The van der Waals surface area contributed by atoms with Crippen molar-refractivity contribution in [1.82, 2.24) is 24.7 Å². The lowest BCUT2D eigenvalue weighted by Gasteiger charge is -2.23. The third-order valence-corrected chi connectivity index (χ3v) is 3.94. The number of nitrogens with zero attached hydrogens (tertiary/aromatic N) is 4. The number of aromatic nitrogens is 5. The van der Waals surface area contributed by atoms with Crippen molar-refractivity contribution in [2.75, 3.05) is 0 Å². The van der Waals surface area contributed by atoms with Crippen molar-refractivity contribution in [2.24, 2.45) is 0 Å². The summed E-state index contributed by atoms with van der Waals surface area (Å²) in [4.78, 5) is 20.9.